The fraction of sp³-hybridized carbons (Fsp3) is 0.333. The van der Waals surface area contributed by atoms with Crippen LogP contribution in [0.5, 0.6) is 5.75 Å². The van der Waals surface area contributed by atoms with Crippen molar-refractivity contribution in [2.75, 3.05) is 31.3 Å². The summed E-state index contributed by atoms with van der Waals surface area (Å²) in [6.07, 6.45) is 5.79. The Labute approximate surface area is 214 Å². The molecule has 3 heterocycles. The van der Waals surface area contributed by atoms with Crippen LogP contribution in [0.1, 0.15) is 47.3 Å². The lowest BCUT2D eigenvalue weighted by atomic mass is 9.99. The van der Waals surface area contributed by atoms with Gasteiger partial charge in [0.25, 0.3) is 5.91 Å². The van der Waals surface area contributed by atoms with Crippen molar-refractivity contribution in [3.05, 3.63) is 59.5 Å². The van der Waals surface area contributed by atoms with Crippen molar-refractivity contribution in [2.24, 2.45) is 0 Å². The fourth-order valence-electron chi connectivity index (χ4n) is 4.30. The molecule has 4 rings (SSSR count). The molecule has 1 fully saturated rings. The zero-order chi connectivity index (χ0) is 25.5. The number of anilines is 1. The molecular weight excluding hydrogens is 476 g/mol. The number of aryl methyl sites for hydroxylation is 1. The number of hydrogen-bond donors (Lipinski definition) is 1. The quantitative estimate of drug-likeness (QED) is 0.436. The molecule has 0 unspecified atom stereocenters. The topological polar surface area (TPSA) is 108 Å². The summed E-state index contributed by atoms with van der Waals surface area (Å²) in [5.41, 5.74) is 1.71. The van der Waals surface area contributed by atoms with E-state index in [1.807, 2.05) is 11.0 Å². The molecule has 0 aliphatic carbocycles. The summed E-state index contributed by atoms with van der Waals surface area (Å²) in [5.74, 6) is 0.650. The van der Waals surface area contributed by atoms with Crippen molar-refractivity contribution < 1.29 is 18.7 Å². The number of hydrogen-bond acceptors (Lipinski definition) is 7. The monoisotopic (exact) mass is 504 g/mol. The minimum absolute atomic E-state index is 0.0304. The molecule has 0 spiro atoms. The standard InChI is InChI=1S/C27H28N4O4S/c1-18-24(26(33)30-20-10-5-6-11-21(20)34-2)25(22-12-9-15-35-22)19(16-28)27(29-18)36-17-23(32)31-13-7-3-4-8-14-31/h5-6,9-12,15H,3-4,7-8,13-14,17H2,1-2H3,(H,30,33). The highest BCUT2D eigenvalue weighted by molar-refractivity contribution is 8.00. The van der Waals surface area contributed by atoms with Crippen LogP contribution in [0.3, 0.4) is 0 Å². The maximum Gasteiger partial charge on any atom is 0.258 e. The highest BCUT2D eigenvalue weighted by Crippen LogP contribution is 2.36. The molecular formula is C27H28N4O4S. The van der Waals surface area contributed by atoms with Crippen LogP contribution < -0.4 is 10.1 Å². The summed E-state index contributed by atoms with van der Waals surface area (Å²) in [7, 11) is 1.53. The van der Waals surface area contributed by atoms with Gasteiger partial charge in [-0.3, -0.25) is 9.59 Å². The summed E-state index contributed by atoms with van der Waals surface area (Å²) < 4.78 is 11.0. The normalized spacial score (nSPS) is 13.5. The van der Waals surface area contributed by atoms with Gasteiger partial charge in [0.15, 0.2) is 0 Å². The largest absolute Gasteiger partial charge is 0.495 e. The second-order valence-corrected chi connectivity index (χ2v) is 9.42. The lowest BCUT2D eigenvalue weighted by molar-refractivity contribution is -0.128. The lowest BCUT2D eigenvalue weighted by Crippen LogP contribution is -2.33. The van der Waals surface area contributed by atoms with E-state index in [9.17, 15) is 14.9 Å². The molecule has 2 aromatic heterocycles. The first-order valence-electron chi connectivity index (χ1n) is 11.9. The van der Waals surface area contributed by atoms with Gasteiger partial charge in [0.2, 0.25) is 5.91 Å². The van der Waals surface area contributed by atoms with E-state index in [1.54, 1.807) is 37.3 Å². The minimum Gasteiger partial charge on any atom is -0.495 e. The van der Waals surface area contributed by atoms with Gasteiger partial charge >= 0.3 is 0 Å². The van der Waals surface area contributed by atoms with Gasteiger partial charge in [0.05, 0.1) is 47.2 Å². The van der Waals surface area contributed by atoms with E-state index in [2.05, 4.69) is 16.4 Å². The third-order valence-electron chi connectivity index (χ3n) is 6.10. The van der Waals surface area contributed by atoms with E-state index >= 15 is 0 Å². The number of pyridine rings is 1. The number of methoxy groups -OCH3 is 1. The SMILES string of the molecule is COc1ccccc1NC(=O)c1c(C)nc(SCC(=O)N2CCCCCC2)c(C#N)c1-c1ccco1. The van der Waals surface area contributed by atoms with Crippen LogP contribution in [0.2, 0.25) is 0 Å². The van der Waals surface area contributed by atoms with Crippen LogP contribution in [0.25, 0.3) is 11.3 Å². The lowest BCUT2D eigenvalue weighted by Gasteiger charge is -2.20. The number of para-hydroxylation sites is 2. The molecule has 1 aliphatic rings. The average Bonchev–Trinajstić information content (AvgIpc) is 3.28. The summed E-state index contributed by atoms with van der Waals surface area (Å²) in [6.45, 7) is 3.23. The molecule has 186 valence electrons. The summed E-state index contributed by atoms with van der Waals surface area (Å²) in [4.78, 5) is 32.8. The molecule has 1 aliphatic heterocycles. The highest BCUT2D eigenvalue weighted by Gasteiger charge is 2.27. The predicted octanol–water partition coefficient (Wildman–Crippen LogP) is 5.28. The molecule has 0 atom stereocenters. The Morgan fingerprint density at radius 2 is 1.92 bits per heavy atom. The van der Waals surface area contributed by atoms with Crippen molar-refractivity contribution in [1.82, 2.24) is 9.88 Å². The van der Waals surface area contributed by atoms with Gasteiger partial charge in [-0.2, -0.15) is 5.26 Å². The molecule has 1 N–H and O–H groups in total. The van der Waals surface area contributed by atoms with Crippen LogP contribution in [-0.2, 0) is 4.79 Å². The van der Waals surface area contributed by atoms with Crippen LogP contribution in [0.4, 0.5) is 5.69 Å². The molecule has 0 bridgehead atoms. The van der Waals surface area contributed by atoms with Gasteiger partial charge in [-0.05, 0) is 44.0 Å². The number of nitrogens with one attached hydrogen (secondary N) is 1. The molecule has 0 saturated carbocycles. The molecule has 2 amide bonds. The fourth-order valence-corrected chi connectivity index (χ4v) is 5.24. The number of nitriles is 1. The molecule has 1 aromatic carbocycles. The first-order chi connectivity index (χ1) is 17.5. The molecule has 1 saturated heterocycles. The summed E-state index contributed by atoms with van der Waals surface area (Å²) >= 11 is 1.22. The number of furan rings is 1. The van der Waals surface area contributed by atoms with Crippen LogP contribution in [-0.4, -0.2) is 47.7 Å². The Morgan fingerprint density at radius 3 is 2.58 bits per heavy atom. The highest BCUT2D eigenvalue weighted by atomic mass is 32.2. The molecule has 9 heteroatoms. The number of nitrogens with zero attached hydrogens (tertiary/aromatic N) is 3. The maximum atomic E-state index is 13.5. The van der Waals surface area contributed by atoms with Crippen molar-refractivity contribution in [2.45, 2.75) is 37.6 Å². The van der Waals surface area contributed by atoms with Gasteiger partial charge < -0.3 is 19.4 Å². The number of rotatable bonds is 7. The van der Waals surface area contributed by atoms with E-state index in [4.69, 9.17) is 9.15 Å². The number of thioether (sulfide) groups is 1. The van der Waals surface area contributed by atoms with Crippen LogP contribution >= 0.6 is 11.8 Å². The first kappa shape index (κ1) is 25.3. The second kappa shape index (κ2) is 11.8. The smallest absolute Gasteiger partial charge is 0.258 e. The Balaban J connectivity index is 1.68. The number of likely N-dealkylation sites (tertiary alicyclic amines) is 1. The number of benzene rings is 1. The van der Waals surface area contributed by atoms with Gasteiger partial charge in [-0.15, -0.1) is 0 Å². The Morgan fingerprint density at radius 1 is 1.17 bits per heavy atom. The predicted molar refractivity (Wildman–Crippen MR) is 138 cm³/mol. The van der Waals surface area contributed by atoms with Crippen LogP contribution in [0.15, 0.2) is 52.1 Å². The molecule has 3 aromatic rings. The molecule has 36 heavy (non-hydrogen) atoms. The van der Waals surface area contributed by atoms with E-state index in [0.717, 1.165) is 38.8 Å². The van der Waals surface area contributed by atoms with Crippen molar-refractivity contribution in [3.63, 3.8) is 0 Å². The first-order valence-corrected chi connectivity index (χ1v) is 12.9. The third-order valence-corrected chi connectivity index (χ3v) is 7.06. The summed E-state index contributed by atoms with van der Waals surface area (Å²) in [6, 6.07) is 12.7. The van der Waals surface area contributed by atoms with Gasteiger partial charge in [-0.25, -0.2) is 4.98 Å². The summed E-state index contributed by atoms with van der Waals surface area (Å²) in [5, 5.41) is 13.4. The number of amides is 2. The van der Waals surface area contributed by atoms with Crippen molar-refractivity contribution in [1.29, 1.82) is 5.26 Å². The Bertz CT molecular complexity index is 1280. The van der Waals surface area contributed by atoms with E-state index in [1.165, 1.54) is 25.1 Å². The number of aromatic nitrogens is 1. The molecule has 0 radical (unpaired) electrons. The number of ether oxygens (including phenoxy) is 1. The van der Waals surface area contributed by atoms with Gasteiger partial charge in [-0.1, -0.05) is 36.7 Å². The Kier molecular flexibility index (Phi) is 8.28. The zero-order valence-corrected chi connectivity index (χ0v) is 21.2. The number of carbonyl (C=O) groups excluding carboxylic acids is 2. The van der Waals surface area contributed by atoms with E-state index < -0.39 is 5.91 Å². The van der Waals surface area contributed by atoms with E-state index in [0.29, 0.717) is 33.5 Å². The van der Waals surface area contributed by atoms with Crippen molar-refractivity contribution in [3.8, 4) is 23.1 Å². The van der Waals surface area contributed by atoms with Crippen LogP contribution in [0, 0.1) is 18.3 Å². The van der Waals surface area contributed by atoms with E-state index in [-0.39, 0.29) is 22.8 Å². The average molecular weight is 505 g/mol. The van der Waals surface area contributed by atoms with Crippen molar-refractivity contribution >= 4 is 29.3 Å². The Hall–Kier alpha value is -3.77. The third kappa shape index (κ3) is 5.55. The minimum atomic E-state index is -0.440. The van der Waals surface area contributed by atoms with Gasteiger partial charge in [0, 0.05) is 13.1 Å². The zero-order valence-electron chi connectivity index (χ0n) is 20.4. The maximum absolute atomic E-state index is 13.5. The number of carbonyl (C=O) groups is 2. The second-order valence-electron chi connectivity index (χ2n) is 8.45. The van der Waals surface area contributed by atoms with Gasteiger partial charge in [0.1, 0.15) is 22.6 Å². The molecule has 8 nitrogen and oxygen atoms in total.